The standard InChI is InChI=1S/C54H64FN9O8S/c1-8-17-62(50(65)48(61-54(68)70-7)35-19-29(4)71-30(5)20-35)27-45-56-25-37(58-45)32-13-14-39-34(21-32)23-41-46-36(55)22-33(24-42(46)72-52(64(39)41)44-16-15-43(73-44)31-11-12-31)38-26-57-49(59-38)40-10-9-18-63(40)51(66)47(28(2)3)60-53(67)69-6/h13-16,21-26,28-31,35,40,47-48,52H,8-12,17-20,27H2,1-7H3,(H,56,58)(H,57,59)(H,60,67)(H,61,68). The maximum Gasteiger partial charge on any atom is 0.407 e. The molecule has 1 aliphatic carbocycles. The number of nitrogens with one attached hydrogen (secondary N) is 4. The van der Waals surface area contributed by atoms with Gasteiger partial charge in [-0.25, -0.2) is 23.9 Å². The molecule has 6 unspecified atom stereocenters. The van der Waals surface area contributed by atoms with Gasteiger partial charge in [0.1, 0.15) is 35.3 Å². The molecule has 0 bridgehead atoms. The number of hydrogen-bond acceptors (Lipinski definition) is 11. The molecule has 6 aromatic rings. The molecule has 4 N–H and O–H groups in total. The minimum Gasteiger partial charge on any atom is -0.464 e. The molecule has 19 heteroatoms. The van der Waals surface area contributed by atoms with Gasteiger partial charge in [-0.3, -0.25) is 14.2 Å². The summed E-state index contributed by atoms with van der Waals surface area (Å²) in [6.07, 6.45) is 7.12. The molecule has 17 nitrogen and oxygen atoms in total. The number of hydrogen-bond donors (Lipinski definition) is 4. The van der Waals surface area contributed by atoms with E-state index in [1.54, 1.807) is 33.5 Å². The second-order valence-electron chi connectivity index (χ2n) is 20.3. The van der Waals surface area contributed by atoms with Crippen molar-refractivity contribution in [1.82, 2.24) is 44.9 Å². The van der Waals surface area contributed by atoms with Crippen LogP contribution in [-0.4, -0.2) is 110 Å². The zero-order valence-corrected chi connectivity index (χ0v) is 43.1. The molecule has 0 radical (unpaired) electrons. The Balaban J connectivity index is 0.943. The number of methoxy groups -OCH3 is 2. The summed E-state index contributed by atoms with van der Waals surface area (Å²) in [5, 5.41) is 6.41. The number of alkyl carbamates (subject to hydrolysis) is 2. The van der Waals surface area contributed by atoms with Gasteiger partial charge >= 0.3 is 12.2 Å². The van der Waals surface area contributed by atoms with Gasteiger partial charge in [-0.2, -0.15) is 0 Å². The van der Waals surface area contributed by atoms with Gasteiger partial charge in [-0.1, -0.05) is 26.8 Å². The van der Waals surface area contributed by atoms with E-state index < -0.39 is 36.3 Å². The zero-order chi connectivity index (χ0) is 51.2. The summed E-state index contributed by atoms with van der Waals surface area (Å²) >= 11 is 1.73. The van der Waals surface area contributed by atoms with Crippen LogP contribution in [0.25, 0.3) is 44.7 Å². The Labute approximate surface area is 427 Å². The number of ether oxygens (including phenoxy) is 4. The van der Waals surface area contributed by atoms with Gasteiger partial charge in [0, 0.05) is 34.5 Å². The number of amides is 4. The van der Waals surface area contributed by atoms with Crippen molar-refractivity contribution in [2.75, 3.05) is 27.3 Å². The van der Waals surface area contributed by atoms with E-state index in [-0.39, 0.29) is 48.4 Å². The van der Waals surface area contributed by atoms with Crippen LogP contribution in [-0.2, 0) is 30.3 Å². The molecule has 386 valence electrons. The van der Waals surface area contributed by atoms with E-state index in [1.807, 2.05) is 58.9 Å². The number of fused-ring (bicyclic) bond motifs is 5. The first-order valence-corrected chi connectivity index (χ1v) is 26.3. The number of H-pyrrole nitrogens is 2. The first-order chi connectivity index (χ1) is 35.2. The summed E-state index contributed by atoms with van der Waals surface area (Å²) in [7, 11) is 2.56. The van der Waals surface area contributed by atoms with Crippen LogP contribution >= 0.6 is 11.3 Å². The number of halogens is 1. The van der Waals surface area contributed by atoms with E-state index in [0.717, 1.165) is 46.3 Å². The molecule has 1 saturated carbocycles. The van der Waals surface area contributed by atoms with Crippen molar-refractivity contribution in [1.29, 1.82) is 0 Å². The SMILES string of the molecule is CCCN(Cc1ncc(-c2ccc3c(c2)cc2n3C(c3ccc(C4CC4)s3)Oc3cc(-c4cnc(C5CCCN5C(=O)C(NC(=O)OC)C(C)C)[nH]4)cc(F)c3-2)[nH]1)C(=O)C(NC(=O)OC)C1CC(C)OC(C)C1. The van der Waals surface area contributed by atoms with Crippen molar-refractivity contribution < 1.29 is 42.5 Å². The molecule has 4 aromatic heterocycles. The molecule has 3 fully saturated rings. The van der Waals surface area contributed by atoms with E-state index in [9.17, 15) is 19.2 Å². The van der Waals surface area contributed by atoms with Crippen LogP contribution in [0.3, 0.4) is 0 Å². The van der Waals surface area contributed by atoms with Crippen molar-refractivity contribution in [3.8, 4) is 39.5 Å². The lowest BCUT2D eigenvalue weighted by Gasteiger charge is -2.38. The second kappa shape index (κ2) is 20.6. The summed E-state index contributed by atoms with van der Waals surface area (Å²) in [5.41, 5.74) is 4.62. The van der Waals surface area contributed by atoms with Gasteiger partial charge in [0.15, 0.2) is 0 Å². The van der Waals surface area contributed by atoms with Gasteiger partial charge < -0.3 is 49.3 Å². The van der Waals surface area contributed by atoms with Crippen molar-refractivity contribution >= 4 is 46.2 Å². The van der Waals surface area contributed by atoms with Gasteiger partial charge in [-0.15, -0.1) is 11.3 Å². The number of carbonyl (C=O) groups is 4. The molecule has 73 heavy (non-hydrogen) atoms. The molecular formula is C54H64FN9O8S. The quantitative estimate of drug-likeness (QED) is 0.0768. The third-order valence-corrected chi connectivity index (χ3v) is 15.9. The van der Waals surface area contributed by atoms with E-state index in [2.05, 4.69) is 43.4 Å². The van der Waals surface area contributed by atoms with Crippen LogP contribution in [0.5, 0.6) is 5.75 Å². The highest BCUT2D eigenvalue weighted by molar-refractivity contribution is 7.12. The maximum absolute atomic E-state index is 17.0. The number of imidazole rings is 2. The van der Waals surface area contributed by atoms with Gasteiger partial charge in [0.05, 0.1) is 84.4 Å². The number of aromatic amines is 2. The van der Waals surface area contributed by atoms with Crippen LogP contribution in [0.4, 0.5) is 14.0 Å². The summed E-state index contributed by atoms with van der Waals surface area (Å²) in [6.45, 7) is 10.9. The van der Waals surface area contributed by atoms with Crippen molar-refractivity contribution in [3.63, 3.8) is 0 Å². The number of rotatable bonds is 15. The number of nitrogens with zero attached hydrogens (tertiary/aromatic N) is 5. The van der Waals surface area contributed by atoms with E-state index in [1.165, 1.54) is 25.2 Å². The molecule has 2 saturated heterocycles. The van der Waals surface area contributed by atoms with Crippen LogP contribution < -0.4 is 15.4 Å². The molecule has 4 amide bonds. The lowest BCUT2D eigenvalue weighted by molar-refractivity contribution is -0.138. The maximum atomic E-state index is 17.0. The highest BCUT2D eigenvalue weighted by Gasteiger charge is 2.40. The average molecular weight is 1020 g/mol. The third-order valence-electron chi connectivity index (χ3n) is 14.7. The van der Waals surface area contributed by atoms with E-state index in [0.29, 0.717) is 84.6 Å². The second-order valence-corrected chi connectivity index (χ2v) is 21.5. The van der Waals surface area contributed by atoms with Crippen LogP contribution in [0, 0.1) is 17.7 Å². The number of likely N-dealkylation sites (tertiary alicyclic amines) is 1. The predicted octanol–water partition coefficient (Wildman–Crippen LogP) is 9.82. The van der Waals surface area contributed by atoms with Gasteiger partial charge in [-0.05, 0) is 119 Å². The molecule has 4 aliphatic rings. The monoisotopic (exact) mass is 1020 g/mol. The molecule has 0 spiro atoms. The Morgan fingerprint density at radius 3 is 2.36 bits per heavy atom. The third kappa shape index (κ3) is 10.0. The minimum absolute atomic E-state index is 0.0583. The summed E-state index contributed by atoms with van der Waals surface area (Å²) in [5.74, 6) is 0.929. The lowest BCUT2D eigenvalue weighted by Crippen LogP contribution is -2.54. The van der Waals surface area contributed by atoms with Crippen molar-refractivity contribution in [3.05, 3.63) is 88.1 Å². The molecule has 3 aliphatic heterocycles. The van der Waals surface area contributed by atoms with E-state index in [4.69, 9.17) is 28.9 Å². The fraction of sp³-hybridized carbons (Fsp3) is 0.481. The van der Waals surface area contributed by atoms with Crippen LogP contribution in [0.15, 0.2) is 60.9 Å². The Morgan fingerprint density at radius 1 is 0.904 bits per heavy atom. The Bertz CT molecular complexity index is 3020. The molecular weight excluding hydrogens is 954 g/mol. The number of benzene rings is 2. The molecule has 2 aromatic carbocycles. The Morgan fingerprint density at radius 2 is 1.63 bits per heavy atom. The largest absolute Gasteiger partial charge is 0.464 e. The summed E-state index contributed by atoms with van der Waals surface area (Å²) < 4.78 is 41.7. The molecule has 7 heterocycles. The topological polar surface area (TPSA) is 198 Å². The lowest BCUT2D eigenvalue weighted by atomic mass is 9.85. The van der Waals surface area contributed by atoms with Crippen LogP contribution in [0.2, 0.25) is 0 Å². The smallest absolute Gasteiger partial charge is 0.407 e. The van der Waals surface area contributed by atoms with E-state index >= 15 is 4.39 Å². The molecule has 6 atom stereocenters. The number of carbonyl (C=O) groups excluding carboxylic acids is 4. The van der Waals surface area contributed by atoms with Gasteiger partial charge in [0.2, 0.25) is 18.0 Å². The zero-order valence-electron chi connectivity index (χ0n) is 42.3. The first-order valence-electron chi connectivity index (χ1n) is 25.5. The Hall–Kier alpha value is -6.73. The predicted molar refractivity (Wildman–Crippen MR) is 273 cm³/mol. The van der Waals surface area contributed by atoms with Crippen molar-refractivity contribution in [2.45, 2.75) is 129 Å². The highest BCUT2D eigenvalue weighted by Crippen LogP contribution is 2.50. The fourth-order valence-corrected chi connectivity index (χ4v) is 12.2. The summed E-state index contributed by atoms with van der Waals surface area (Å²) in [6, 6.07) is 13.8. The molecule has 10 rings (SSSR count). The number of aromatic nitrogens is 5. The highest BCUT2D eigenvalue weighted by atomic mass is 32.1. The van der Waals surface area contributed by atoms with Gasteiger partial charge in [0.25, 0.3) is 0 Å². The first kappa shape index (κ1) is 49.8. The van der Waals surface area contributed by atoms with Crippen molar-refractivity contribution in [2.24, 2.45) is 11.8 Å². The summed E-state index contributed by atoms with van der Waals surface area (Å²) in [4.78, 5) is 75.0. The number of thiophene rings is 1. The van der Waals surface area contributed by atoms with Crippen LogP contribution in [0.1, 0.15) is 119 Å². The average Bonchev–Trinajstić information content (AvgIpc) is 3.96. The fourth-order valence-electron chi connectivity index (χ4n) is 11.0. The minimum atomic E-state index is -0.790. The normalized spacial score (nSPS) is 21.3. The Kier molecular flexibility index (Phi) is 14.1.